The predicted molar refractivity (Wildman–Crippen MR) is 107 cm³/mol. The number of aryl methyl sites for hydroxylation is 1. The molecule has 1 amide bonds. The van der Waals surface area contributed by atoms with Crippen molar-refractivity contribution in [3.8, 4) is 0 Å². The molecule has 0 bridgehead atoms. The summed E-state index contributed by atoms with van der Waals surface area (Å²) < 4.78 is 27.8. The molecular formula is C19H23N3O3S2. The zero-order valence-corrected chi connectivity index (χ0v) is 17.1. The molecule has 144 valence electrons. The van der Waals surface area contributed by atoms with Crippen molar-refractivity contribution in [2.24, 2.45) is 0 Å². The fourth-order valence-corrected chi connectivity index (χ4v) is 6.26. The number of sulfonamides is 1. The maximum Gasteiger partial charge on any atom is 0.243 e. The Bertz CT molecular complexity index is 958. The third kappa shape index (κ3) is 3.20. The number of amides is 1. The summed E-state index contributed by atoms with van der Waals surface area (Å²) in [5.41, 5.74) is 1.47. The van der Waals surface area contributed by atoms with Crippen molar-refractivity contribution >= 4 is 33.0 Å². The number of hydrogen-bond donors (Lipinski definition) is 0. The molecule has 1 atom stereocenters. The summed E-state index contributed by atoms with van der Waals surface area (Å²) in [5, 5.41) is 3.92. The van der Waals surface area contributed by atoms with Gasteiger partial charge >= 0.3 is 0 Å². The lowest BCUT2D eigenvalue weighted by molar-refractivity contribution is -0.123. The van der Waals surface area contributed by atoms with E-state index in [0.29, 0.717) is 37.5 Å². The second-order valence-corrected chi connectivity index (χ2v) is 10.2. The number of piperazine rings is 1. The van der Waals surface area contributed by atoms with Gasteiger partial charge in [-0.2, -0.15) is 15.6 Å². The van der Waals surface area contributed by atoms with Gasteiger partial charge in [0.25, 0.3) is 0 Å². The number of thiophene rings is 1. The van der Waals surface area contributed by atoms with Crippen molar-refractivity contribution in [2.45, 2.75) is 23.8 Å². The van der Waals surface area contributed by atoms with Gasteiger partial charge in [0.2, 0.25) is 15.9 Å². The van der Waals surface area contributed by atoms with Crippen LogP contribution in [-0.2, 0) is 14.8 Å². The van der Waals surface area contributed by atoms with Gasteiger partial charge in [-0.3, -0.25) is 9.69 Å². The fourth-order valence-electron chi connectivity index (χ4n) is 4.00. The van der Waals surface area contributed by atoms with Crippen LogP contribution in [0.25, 0.3) is 0 Å². The molecule has 2 aromatic rings. The third-order valence-electron chi connectivity index (χ3n) is 5.68. The van der Waals surface area contributed by atoms with Gasteiger partial charge in [-0.15, -0.1) is 0 Å². The number of anilines is 1. The van der Waals surface area contributed by atoms with E-state index in [9.17, 15) is 13.2 Å². The molecule has 2 fully saturated rings. The Morgan fingerprint density at radius 1 is 1.19 bits per heavy atom. The summed E-state index contributed by atoms with van der Waals surface area (Å²) in [6, 6.07) is 8.98. The van der Waals surface area contributed by atoms with Gasteiger partial charge in [-0.05, 0) is 49.5 Å². The molecule has 6 nitrogen and oxygen atoms in total. The SMILES string of the molecule is Cc1cccc(S(=O)(=O)N2CCC3(CN(c4ccsc4)C(=O)CN3C)C2)c1. The summed E-state index contributed by atoms with van der Waals surface area (Å²) in [7, 11) is -1.62. The Morgan fingerprint density at radius 2 is 2.00 bits per heavy atom. The van der Waals surface area contributed by atoms with Crippen molar-refractivity contribution in [1.82, 2.24) is 9.21 Å². The van der Waals surface area contributed by atoms with Crippen LogP contribution in [0.15, 0.2) is 46.0 Å². The summed E-state index contributed by atoms with van der Waals surface area (Å²) in [4.78, 5) is 16.7. The molecule has 2 aliphatic rings. The molecule has 0 saturated carbocycles. The highest BCUT2D eigenvalue weighted by atomic mass is 32.2. The number of benzene rings is 1. The molecule has 0 N–H and O–H groups in total. The number of hydrogen-bond acceptors (Lipinski definition) is 5. The maximum absolute atomic E-state index is 13.1. The lowest BCUT2D eigenvalue weighted by Crippen LogP contribution is -2.64. The van der Waals surface area contributed by atoms with E-state index in [-0.39, 0.29) is 11.4 Å². The van der Waals surface area contributed by atoms with E-state index in [1.807, 2.05) is 41.8 Å². The molecule has 1 spiro atoms. The van der Waals surface area contributed by atoms with Crippen LogP contribution in [0, 0.1) is 6.92 Å². The first-order valence-corrected chi connectivity index (χ1v) is 11.3. The molecule has 1 aromatic carbocycles. The minimum absolute atomic E-state index is 0.0570. The number of carbonyl (C=O) groups excluding carboxylic acids is 1. The largest absolute Gasteiger partial charge is 0.309 e. The first-order chi connectivity index (χ1) is 12.8. The Hall–Kier alpha value is -1.74. The van der Waals surface area contributed by atoms with E-state index >= 15 is 0 Å². The van der Waals surface area contributed by atoms with Crippen molar-refractivity contribution in [3.05, 3.63) is 46.7 Å². The van der Waals surface area contributed by atoms with Gasteiger partial charge < -0.3 is 4.90 Å². The second-order valence-electron chi connectivity index (χ2n) is 7.45. The van der Waals surface area contributed by atoms with Gasteiger partial charge in [-0.1, -0.05) is 12.1 Å². The van der Waals surface area contributed by atoms with Gasteiger partial charge in [0.05, 0.1) is 22.7 Å². The first-order valence-electron chi connectivity index (χ1n) is 8.92. The molecule has 1 unspecified atom stereocenters. The second kappa shape index (κ2) is 6.70. The number of rotatable bonds is 3. The minimum atomic E-state index is -3.54. The average Bonchev–Trinajstić information content (AvgIpc) is 3.29. The molecule has 2 aliphatic heterocycles. The zero-order chi connectivity index (χ0) is 19.2. The van der Waals surface area contributed by atoms with Crippen LogP contribution in [0.4, 0.5) is 5.69 Å². The lowest BCUT2D eigenvalue weighted by Gasteiger charge is -2.46. The summed E-state index contributed by atoms with van der Waals surface area (Å²) in [5.74, 6) is 0.0570. The van der Waals surface area contributed by atoms with Crippen LogP contribution in [0.5, 0.6) is 0 Å². The average molecular weight is 406 g/mol. The highest BCUT2D eigenvalue weighted by Crippen LogP contribution is 2.36. The predicted octanol–water partition coefficient (Wildman–Crippen LogP) is 2.17. The Morgan fingerprint density at radius 3 is 2.70 bits per heavy atom. The fraction of sp³-hybridized carbons (Fsp3) is 0.421. The van der Waals surface area contributed by atoms with Crippen molar-refractivity contribution in [3.63, 3.8) is 0 Å². The normalized spacial score (nSPS) is 24.8. The molecule has 2 saturated heterocycles. The summed E-state index contributed by atoms with van der Waals surface area (Å²) in [6.45, 7) is 3.57. The smallest absolute Gasteiger partial charge is 0.243 e. The molecule has 8 heteroatoms. The van der Waals surface area contributed by atoms with Crippen LogP contribution >= 0.6 is 11.3 Å². The molecule has 0 aliphatic carbocycles. The molecule has 4 rings (SSSR count). The quantitative estimate of drug-likeness (QED) is 0.785. The Kier molecular flexibility index (Phi) is 4.62. The molecule has 27 heavy (non-hydrogen) atoms. The van der Waals surface area contributed by atoms with Crippen LogP contribution in [-0.4, -0.2) is 62.3 Å². The number of nitrogens with zero attached hydrogens (tertiary/aromatic N) is 3. The number of likely N-dealkylation sites (N-methyl/N-ethyl adjacent to an activating group) is 1. The van der Waals surface area contributed by atoms with Crippen LogP contribution in [0.2, 0.25) is 0 Å². The topological polar surface area (TPSA) is 60.9 Å². The van der Waals surface area contributed by atoms with E-state index in [4.69, 9.17) is 0 Å². The van der Waals surface area contributed by atoms with Crippen LogP contribution in [0.1, 0.15) is 12.0 Å². The highest BCUT2D eigenvalue weighted by Gasteiger charge is 2.50. The third-order valence-corrected chi connectivity index (χ3v) is 8.19. The monoisotopic (exact) mass is 405 g/mol. The highest BCUT2D eigenvalue weighted by molar-refractivity contribution is 7.89. The maximum atomic E-state index is 13.1. The minimum Gasteiger partial charge on any atom is -0.309 e. The van der Waals surface area contributed by atoms with E-state index in [2.05, 4.69) is 0 Å². The van der Waals surface area contributed by atoms with E-state index in [1.54, 1.807) is 38.7 Å². The van der Waals surface area contributed by atoms with Gasteiger partial charge in [0.15, 0.2) is 0 Å². The Balaban J connectivity index is 1.61. The Labute approximate surface area is 164 Å². The zero-order valence-electron chi connectivity index (χ0n) is 15.5. The van der Waals surface area contributed by atoms with Gasteiger partial charge in [0.1, 0.15) is 0 Å². The standard InChI is InChI=1S/C19H23N3O3S2/c1-15-4-3-5-17(10-15)27(24,25)21-8-7-19(13-21)14-22(16-6-9-26-12-16)18(23)11-20(19)2/h3-6,9-10,12H,7-8,11,13-14H2,1-2H3. The summed E-state index contributed by atoms with van der Waals surface area (Å²) in [6.07, 6.45) is 0.711. The summed E-state index contributed by atoms with van der Waals surface area (Å²) >= 11 is 1.56. The van der Waals surface area contributed by atoms with Crippen molar-refractivity contribution in [2.75, 3.05) is 38.1 Å². The van der Waals surface area contributed by atoms with E-state index in [1.165, 1.54) is 0 Å². The van der Waals surface area contributed by atoms with Crippen molar-refractivity contribution in [1.29, 1.82) is 0 Å². The molecule has 3 heterocycles. The molecule has 0 radical (unpaired) electrons. The van der Waals surface area contributed by atoms with Crippen LogP contribution < -0.4 is 4.90 Å². The molecule has 1 aromatic heterocycles. The molecular weight excluding hydrogens is 382 g/mol. The lowest BCUT2D eigenvalue weighted by atomic mass is 9.93. The van der Waals surface area contributed by atoms with Gasteiger partial charge in [0, 0.05) is 25.0 Å². The first kappa shape index (κ1) is 18.6. The van der Waals surface area contributed by atoms with Gasteiger partial charge in [-0.25, -0.2) is 8.42 Å². The van der Waals surface area contributed by atoms with Crippen LogP contribution in [0.3, 0.4) is 0 Å². The van der Waals surface area contributed by atoms with E-state index < -0.39 is 10.0 Å². The van der Waals surface area contributed by atoms with Crippen molar-refractivity contribution < 1.29 is 13.2 Å². The van der Waals surface area contributed by atoms with E-state index in [0.717, 1.165) is 11.3 Å². The number of carbonyl (C=O) groups is 1.